The summed E-state index contributed by atoms with van der Waals surface area (Å²) in [6.45, 7) is 8.14. The van der Waals surface area contributed by atoms with E-state index in [-0.39, 0.29) is 17.1 Å². The molecule has 5 heteroatoms. The summed E-state index contributed by atoms with van der Waals surface area (Å²) in [6.07, 6.45) is 0. The Morgan fingerprint density at radius 2 is 2.11 bits per heavy atom. The van der Waals surface area contributed by atoms with Gasteiger partial charge in [0.1, 0.15) is 11.6 Å². The Kier molecular flexibility index (Phi) is 4.28. The quantitative estimate of drug-likeness (QED) is 0.836. The van der Waals surface area contributed by atoms with Crippen molar-refractivity contribution in [3.05, 3.63) is 33.8 Å². The summed E-state index contributed by atoms with van der Waals surface area (Å²) < 4.78 is 28.1. The highest BCUT2D eigenvalue weighted by Gasteiger charge is 2.31. The van der Waals surface area contributed by atoms with E-state index in [1.54, 1.807) is 0 Å². The van der Waals surface area contributed by atoms with Gasteiger partial charge in [-0.2, -0.15) is 0 Å². The Morgan fingerprint density at radius 1 is 1.42 bits per heavy atom. The third kappa shape index (κ3) is 3.33. The molecule has 0 spiro atoms. The maximum absolute atomic E-state index is 14.0. The normalized spacial score (nSPS) is 23.6. The van der Waals surface area contributed by atoms with Gasteiger partial charge in [-0.25, -0.2) is 8.78 Å². The van der Waals surface area contributed by atoms with E-state index in [1.807, 2.05) is 0 Å². The number of hydrogen-bond donors (Lipinski definition) is 1. The minimum atomic E-state index is -0.497. The molecular weight excluding hydrogens is 314 g/mol. The molecule has 19 heavy (non-hydrogen) atoms. The van der Waals surface area contributed by atoms with Crippen LogP contribution in [-0.4, -0.2) is 29.6 Å². The van der Waals surface area contributed by atoms with Crippen LogP contribution in [0.15, 0.2) is 16.6 Å². The summed E-state index contributed by atoms with van der Waals surface area (Å²) >= 11 is 3.11. The Morgan fingerprint density at radius 3 is 2.79 bits per heavy atom. The molecule has 0 radical (unpaired) electrons. The molecule has 1 heterocycles. The lowest BCUT2D eigenvalue weighted by atomic mass is 9.98. The van der Waals surface area contributed by atoms with Gasteiger partial charge in [-0.05, 0) is 48.8 Å². The fourth-order valence-electron chi connectivity index (χ4n) is 2.40. The van der Waals surface area contributed by atoms with Gasteiger partial charge in [0, 0.05) is 36.8 Å². The van der Waals surface area contributed by atoms with Crippen LogP contribution in [0.4, 0.5) is 8.78 Å². The highest BCUT2D eigenvalue weighted by Crippen LogP contribution is 2.25. The second-order valence-electron chi connectivity index (χ2n) is 5.84. The molecule has 1 N–H and O–H groups in total. The standard InChI is InChI=1S/C14H19BrF2N2/c1-9-6-18-14(2,3)8-19(9)7-10-12(16)5-4-11(15)13(10)17/h4-5,9,18H,6-8H2,1-3H3. The summed E-state index contributed by atoms with van der Waals surface area (Å²) in [7, 11) is 0. The molecule has 1 aliphatic heterocycles. The molecule has 0 bridgehead atoms. The molecule has 1 aliphatic rings. The van der Waals surface area contributed by atoms with Gasteiger partial charge in [0.2, 0.25) is 0 Å². The van der Waals surface area contributed by atoms with E-state index in [9.17, 15) is 8.78 Å². The molecule has 1 aromatic rings. The van der Waals surface area contributed by atoms with Crippen LogP contribution in [0.2, 0.25) is 0 Å². The van der Waals surface area contributed by atoms with Gasteiger partial charge in [-0.1, -0.05) is 0 Å². The molecule has 0 aromatic heterocycles. The van der Waals surface area contributed by atoms with Crippen molar-refractivity contribution in [2.75, 3.05) is 13.1 Å². The Hall–Kier alpha value is -0.520. The number of nitrogens with one attached hydrogen (secondary N) is 1. The van der Waals surface area contributed by atoms with Crippen LogP contribution in [0.3, 0.4) is 0 Å². The zero-order valence-corrected chi connectivity index (χ0v) is 13.0. The molecule has 1 unspecified atom stereocenters. The lowest BCUT2D eigenvalue weighted by Gasteiger charge is -2.43. The van der Waals surface area contributed by atoms with Crippen molar-refractivity contribution >= 4 is 15.9 Å². The topological polar surface area (TPSA) is 15.3 Å². The molecule has 0 aliphatic carbocycles. The molecule has 1 atom stereocenters. The number of nitrogens with zero attached hydrogens (tertiary/aromatic N) is 1. The molecular formula is C14H19BrF2N2. The van der Waals surface area contributed by atoms with Crippen LogP contribution in [-0.2, 0) is 6.54 Å². The van der Waals surface area contributed by atoms with Crippen molar-refractivity contribution in [1.82, 2.24) is 10.2 Å². The zero-order chi connectivity index (χ0) is 14.2. The smallest absolute Gasteiger partial charge is 0.144 e. The van der Waals surface area contributed by atoms with E-state index >= 15 is 0 Å². The monoisotopic (exact) mass is 332 g/mol. The lowest BCUT2D eigenvalue weighted by molar-refractivity contribution is 0.0953. The maximum Gasteiger partial charge on any atom is 0.144 e. The first kappa shape index (κ1) is 14.9. The van der Waals surface area contributed by atoms with Crippen molar-refractivity contribution in [2.45, 2.75) is 38.9 Å². The van der Waals surface area contributed by atoms with Gasteiger partial charge in [-0.3, -0.25) is 4.90 Å². The molecule has 0 amide bonds. The fraction of sp³-hybridized carbons (Fsp3) is 0.571. The number of benzene rings is 1. The second kappa shape index (κ2) is 5.46. The van der Waals surface area contributed by atoms with Crippen molar-refractivity contribution in [3.8, 4) is 0 Å². The fourth-order valence-corrected chi connectivity index (χ4v) is 2.77. The van der Waals surface area contributed by atoms with Crippen LogP contribution in [0.1, 0.15) is 26.3 Å². The molecule has 1 aromatic carbocycles. The average molecular weight is 333 g/mol. The first-order valence-electron chi connectivity index (χ1n) is 6.41. The molecule has 1 saturated heterocycles. The number of halogens is 3. The van der Waals surface area contributed by atoms with Crippen LogP contribution >= 0.6 is 15.9 Å². The van der Waals surface area contributed by atoms with Crippen molar-refractivity contribution < 1.29 is 8.78 Å². The van der Waals surface area contributed by atoms with Gasteiger partial charge < -0.3 is 5.32 Å². The van der Waals surface area contributed by atoms with E-state index in [4.69, 9.17) is 0 Å². The third-order valence-electron chi connectivity index (χ3n) is 3.60. The molecule has 106 valence electrons. The molecule has 0 saturated carbocycles. The van der Waals surface area contributed by atoms with Gasteiger partial charge >= 0.3 is 0 Å². The number of rotatable bonds is 2. The summed E-state index contributed by atoms with van der Waals surface area (Å²) in [5.41, 5.74) is 0.102. The first-order valence-corrected chi connectivity index (χ1v) is 7.21. The van der Waals surface area contributed by atoms with Crippen molar-refractivity contribution in [2.24, 2.45) is 0 Å². The predicted octanol–water partition coefficient (Wildman–Crippen LogP) is 3.30. The lowest BCUT2D eigenvalue weighted by Crippen LogP contribution is -2.60. The maximum atomic E-state index is 14.0. The molecule has 2 rings (SSSR count). The summed E-state index contributed by atoms with van der Waals surface area (Å²) in [6, 6.07) is 2.96. The predicted molar refractivity (Wildman–Crippen MR) is 76.0 cm³/mol. The Bertz CT molecular complexity index is 477. The highest BCUT2D eigenvalue weighted by atomic mass is 79.9. The number of hydrogen-bond acceptors (Lipinski definition) is 2. The molecule has 2 nitrogen and oxygen atoms in total. The van der Waals surface area contributed by atoms with Gasteiger partial charge in [0.25, 0.3) is 0 Å². The Labute approximate surface area is 121 Å². The van der Waals surface area contributed by atoms with E-state index in [1.165, 1.54) is 12.1 Å². The van der Waals surface area contributed by atoms with Crippen LogP contribution in [0.5, 0.6) is 0 Å². The number of piperazine rings is 1. The van der Waals surface area contributed by atoms with Crippen molar-refractivity contribution in [3.63, 3.8) is 0 Å². The summed E-state index contributed by atoms with van der Waals surface area (Å²) in [4.78, 5) is 2.12. The first-order chi connectivity index (χ1) is 8.80. The average Bonchev–Trinajstić information content (AvgIpc) is 2.34. The minimum absolute atomic E-state index is 0.0362. The summed E-state index contributed by atoms with van der Waals surface area (Å²) in [5, 5.41) is 3.43. The SMILES string of the molecule is CC1CNC(C)(C)CN1Cc1c(F)ccc(Br)c1F. The Balaban J connectivity index is 2.23. The zero-order valence-electron chi connectivity index (χ0n) is 11.4. The molecule has 1 fully saturated rings. The van der Waals surface area contributed by atoms with Crippen LogP contribution < -0.4 is 5.32 Å². The van der Waals surface area contributed by atoms with E-state index in [2.05, 4.69) is 46.9 Å². The van der Waals surface area contributed by atoms with E-state index in [0.29, 0.717) is 11.0 Å². The second-order valence-corrected chi connectivity index (χ2v) is 6.69. The van der Waals surface area contributed by atoms with Crippen LogP contribution in [0, 0.1) is 11.6 Å². The summed E-state index contributed by atoms with van der Waals surface area (Å²) in [5.74, 6) is -0.979. The van der Waals surface area contributed by atoms with E-state index in [0.717, 1.165) is 13.1 Å². The van der Waals surface area contributed by atoms with Gasteiger partial charge in [-0.15, -0.1) is 0 Å². The van der Waals surface area contributed by atoms with E-state index < -0.39 is 11.6 Å². The van der Waals surface area contributed by atoms with Crippen LogP contribution in [0.25, 0.3) is 0 Å². The third-order valence-corrected chi connectivity index (χ3v) is 4.21. The van der Waals surface area contributed by atoms with Gasteiger partial charge in [0.15, 0.2) is 0 Å². The highest BCUT2D eigenvalue weighted by molar-refractivity contribution is 9.10. The van der Waals surface area contributed by atoms with Gasteiger partial charge in [0.05, 0.1) is 4.47 Å². The minimum Gasteiger partial charge on any atom is -0.309 e. The largest absolute Gasteiger partial charge is 0.309 e. The van der Waals surface area contributed by atoms with Crippen molar-refractivity contribution in [1.29, 1.82) is 0 Å².